The van der Waals surface area contributed by atoms with E-state index in [-0.39, 0.29) is 24.8 Å². The van der Waals surface area contributed by atoms with Crippen LogP contribution in [0.2, 0.25) is 0 Å². The smallest absolute Gasteiger partial charge is 0.311 e. The maximum atomic E-state index is 11.8. The minimum Gasteiger partial charge on any atom is -0.427 e. The standard InChI is InChI=1S/C21H24O4/c1-3-16-8-12-18(13-9-16)24-20(22)6-5-7-21(23)25-19-14-10-17(4-2)11-15-19/h8-15H,3-7H2,1-2H3. The van der Waals surface area contributed by atoms with Gasteiger partial charge in [-0.15, -0.1) is 0 Å². The zero-order valence-corrected chi connectivity index (χ0v) is 14.8. The largest absolute Gasteiger partial charge is 0.427 e. The van der Waals surface area contributed by atoms with Crippen LogP contribution in [0.4, 0.5) is 0 Å². The van der Waals surface area contributed by atoms with E-state index < -0.39 is 0 Å². The van der Waals surface area contributed by atoms with Gasteiger partial charge in [0.2, 0.25) is 0 Å². The monoisotopic (exact) mass is 340 g/mol. The Bertz CT molecular complexity index is 625. The van der Waals surface area contributed by atoms with Crippen molar-refractivity contribution in [2.45, 2.75) is 46.0 Å². The fourth-order valence-corrected chi connectivity index (χ4v) is 2.33. The van der Waals surface area contributed by atoms with E-state index in [1.165, 1.54) is 11.1 Å². The molecule has 0 amide bonds. The number of carbonyl (C=O) groups is 2. The topological polar surface area (TPSA) is 52.6 Å². The van der Waals surface area contributed by atoms with Crippen molar-refractivity contribution in [2.24, 2.45) is 0 Å². The van der Waals surface area contributed by atoms with Crippen LogP contribution in [0, 0.1) is 0 Å². The molecule has 0 aliphatic heterocycles. The summed E-state index contributed by atoms with van der Waals surface area (Å²) in [6.45, 7) is 4.14. The van der Waals surface area contributed by atoms with E-state index in [0.717, 1.165) is 12.8 Å². The lowest BCUT2D eigenvalue weighted by atomic mass is 10.2. The highest BCUT2D eigenvalue weighted by molar-refractivity contribution is 5.75. The third-order valence-corrected chi connectivity index (χ3v) is 3.89. The van der Waals surface area contributed by atoms with Crippen LogP contribution in [0.25, 0.3) is 0 Å². The van der Waals surface area contributed by atoms with Crippen LogP contribution in [0.5, 0.6) is 11.5 Å². The molecule has 0 atom stereocenters. The summed E-state index contributed by atoms with van der Waals surface area (Å²) in [5.74, 6) is 0.371. The second-order valence-corrected chi connectivity index (χ2v) is 5.80. The minimum absolute atomic E-state index is 0.180. The van der Waals surface area contributed by atoms with Gasteiger partial charge in [0.25, 0.3) is 0 Å². The fraction of sp³-hybridized carbons (Fsp3) is 0.333. The Balaban J connectivity index is 1.69. The molecule has 0 aliphatic carbocycles. The van der Waals surface area contributed by atoms with E-state index in [9.17, 15) is 9.59 Å². The van der Waals surface area contributed by atoms with Crippen LogP contribution < -0.4 is 9.47 Å². The van der Waals surface area contributed by atoms with E-state index in [1.54, 1.807) is 24.3 Å². The summed E-state index contributed by atoms with van der Waals surface area (Å²) in [4.78, 5) is 23.6. The second kappa shape index (κ2) is 9.62. The number of hydrogen-bond acceptors (Lipinski definition) is 4. The van der Waals surface area contributed by atoms with Gasteiger partial charge in [-0.05, 0) is 54.7 Å². The molecular weight excluding hydrogens is 316 g/mol. The summed E-state index contributed by atoms with van der Waals surface area (Å²) in [5.41, 5.74) is 2.38. The van der Waals surface area contributed by atoms with Crippen molar-refractivity contribution in [1.29, 1.82) is 0 Å². The molecule has 0 aliphatic rings. The summed E-state index contributed by atoms with van der Waals surface area (Å²) < 4.78 is 10.5. The van der Waals surface area contributed by atoms with Crippen molar-refractivity contribution in [3.63, 3.8) is 0 Å². The third-order valence-electron chi connectivity index (χ3n) is 3.89. The highest BCUT2D eigenvalue weighted by atomic mass is 16.5. The first-order valence-electron chi connectivity index (χ1n) is 8.70. The number of esters is 2. The minimum atomic E-state index is -0.343. The van der Waals surface area contributed by atoms with Gasteiger partial charge in [0.05, 0.1) is 0 Å². The Kier molecular flexibility index (Phi) is 7.20. The van der Waals surface area contributed by atoms with Crippen molar-refractivity contribution in [1.82, 2.24) is 0 Å². The number of aryl methyl sites for hydroxylation is 2. The number of rotatable bonds is 8. The summed E-state index contributed by atoms with van der Waals surface area (Å²) in [7, 11) is 0. The first-order valence-corrected chi connectivity index (χ1v) is 8.70. The maximum Gasteiger partial charge on any atom is 0.311 e. The lowest BCUT2D eigenvalue weighted by Gasteiger charge is -2.06. The number of carbonyl (C=O) groups excluding carboxylic acids is 2. The Morgan fingerprint density at radius 1 is 0.680 bits per heavy atom. The molecule has 25 heavy (non-hydrogen) atoms. The summed E-state index contributed by atoms with van der Waals surface area (Å²) >= 11 is 0. The number of benzene rings is 2. The van der Waals surface area contributed by atoms with Gasteiger partial charge in [-0.3, -0.25) is 9.59 Å². The molecule has 0 unspecified atom stereocenters. The SMILES string of the molecule is CCc1ccc(OC(=O)CCCC(=O)Oc2ccc(CC)cc2)cc1. The molecule has 2 rings (SSSR count). The Hall–Kier alpha value is -2.62. The molecule has 2 aromatic rings. The van der Waals surface area contributed by atoms with E-state index >= 15 is 0 Å². The molecule has 0 N–H and O–H groups in total. The van der Waals surface area contributed by atoms with Gasteiger partial charge in [-0.25, -0.2) is 0 Å². The van der Waals surface area contributed by atoms with E-state index in [0.29, 0.717) is 17.9 Å². The Labute approximate surface area is 148 Å². The normalized spacial score (nSPS) is 10.3. The summed E-state index contributed by atoms with van der Waals surface area (Å²) in [6.07, 6.45) is 2.64. The van der Waals surface area contributed by atoms with Gasteiger partial charge in [0, 0.05) is 12.8 Å². The first kappa shape index (κ1) is 18.7. The average Bonchev–Trinajstić information content (AvgIpc) is 2.63. The maximum absolute atomic E-state index is 11.8. The van der Waals surface area contributed by atoms with E-state index in [1.807, 2.05) is 24.3 Å². The molecule has 0 spiro atoms. The summed E-state index contributed by atoms with van der Waals surface area (Å²) in [5, 5.41) is 0. The summed E-state index contributed by atoms with van der Waals surface area (Å²) in [6, 6.07) is 14.9. The van der Waals surface area contributed by atoms with Gasteiger partial charge in [-0.1, -0.05) is 38.1 Å². The van der Waals surface area contributed by atoms with Gasteiger partial charge in [-0.2, -0.15) is 0 Å². The van der Waals surface area contributed by atoms with E-state index in [2.05, 4.69) is 13.8 Å². The first-order chi connectivity index (χ1) is 12.1. The Morgan fingerprint density at radius 2 is 1.04 bits per heavy atom. The number of hydrogen-bond donors (Lipinski definition) is 0. The fourth-order valence-electron chi connectivity index (χ4n) is 2.33. The molecule has 0 fully saturated rings. The Morgan fingerprint density at radius 3 is 1.36 bits per heavy atom. The van der Waals surface area contributed by atoms with Crippen molar-refractivity contribution >= 4 is 11.9 Å². The quantitative estimate of drug-likeness (QED) is 0.525. The predicted molar refractivity (Wildman–Crippen MR) is 96.8 cm³/mol. The average molecular weight is 340 g/mol. The zero-order chi connectivity index (χ0) is 18.1. The molecule has 0 radical (unpaired) electrons. The zero-order valence-electron chi connectivity index (χ0n) is 14.8. The van der Waals surface area contributed by atoms with Crippen molar-refractivity contribution in [2.75, 3.05) is 0 Å². The second-order valence-electron chi connectivity index (χ2n) is 5.80. The van der Waals surface area contributed by atoms with Crippen LogP contribution in [-0.4, -0.2) is 11.9 Å². The van der Waals surface area contributed by atoms with Gasteiger partial charge < -0.3 is 9.47 Å². The van der Waals surface area contributed by atoms with Gasteiger partial charge >= 0.3 is 11.9 Å². The van der Waals surface area contributed by atoms with Gasteiger partial charge in [0.1, 0.15) is 11.5 Å². The predicted octanol–water partition coefficient (Wildman–Crippen LogP) is 4.49. The van der Waals surface area contributed by atoms with Gasteiger partial charge in [0.15, 0.2) is 0 Å². The molecule has 0 aromatic heterocycles. The van der Waals surface area contributed by atoms with Crippen LogP contribution in [0.3, 0.4) is 0 Å². The molecule has 2 aromatic carbocycles. The molecule has 4 heteroatoms. The molecule has 4 nitrogen and oxygen atoms in total. The van der Waals surface area contributed by atoms with Crippen LogP contribution in [0.15, 0.2) is 48.5 Å². The highest BCUT2D eigenvalue weighted by Gasteiger charge is 2.09. The molecule has 0 heterocycles. The molecular formula is C21H24O4. The molecule has 132 valence electrons. The molecule has 0 saturated carbocycles. The molecule has 0 saturated heterocycles. The number of ether oxygens (including phenoxy) is 2. The highest BCUT2D eigenvalue weighted by Crippen LogP contribution is 2.15. The van der Waals surface area contributed by atoms with Crippen molar-refractivity contribution in [3.8, 4) is 11.5 Å². The lowest BCUT2D eigenvalue weighted by Crippen LogP contribution is -2.11. The van der Waals surface area contributed by atoms with Crippen molar-refractivity contribution < 1.29 is 19.1 Å². The lowest BCUT2D eigenvalue weighted by molar-refractivity contribution is -0.136. The molecule has 0 bridgehead atoms. The van der Waals surface area contributed by atoms with Crippen LogP contribution in [-0.2, 0) is 22.4 Å². The van der Waals surface area contributed by atoms with E-state index in [4.69, 9.17) is 9.47 Å². The van der Waals surface area contributed by atoms with Crippen LogP contribution in [0.1, 0.15) is 44.2 Å². The third kappa shape index (κ3) is 6.42. The van der Waals surface area contributed by atoms with Crippen molar-refractivity contribution in [3.05, 3.63) is 59.7 Å². The van der Waals surface area contributed by atoms with Crippen LogP contribution >= 0.6 is 0 Å².